The Morgan fingerprint density at radius 1 is 1.23 bits per heavy atom. The summed E-state index contributed by atoms with van der Waals surface area (Å²) in [6.07, 6.45) is 2.16. The normalized spacial score (nSPS) is 18.1. The topological polar surface area (TPSA) is 95.9 Å². The molecule has 1 N–H and O–H groups in total. The number of ether oxygens (including phenoxy) is 1. The molecule has 1 atom stereocenters. The molecular formula is C23H28N4O4. The highest BCUT2D eigenvalue weighted by molar-refractivity contribution is 6.46. The maximum absolute atomic E-state index is 13.1. The standard InChI is InChI=1S/C23H28N4O4/c1-14-17(13-24-15(2)25-14)21(28)19-20(16-9-6-7-10-18(16)31-5)27(23(30)22(19)29)12-8-11-26(3)4/h6-7,9-10,13,20,28H,8,11-12H2,1-5H3/b21-19+/t20-/m1/s1. The van der Waals surface area contributed by atoms with Gasteiger partial charge in [0.2, 0.25) is 0 Å². The average Bonchev–Trinajstić information content (AvgIpc) is 2.98. The highest BCUT2D eigenvalue weighted by Crippen LogP contribution is 2.42. The third-order valence-corrected chi connectivity index (χ3v) is 5.33. The van der Waals surface area contributed by atoms with Crippen molar-refractivity contribution in [1.29, 1.82) is 0 Å². The van der Waals surface area contributed by atoms with E-state index in [1.54, 1.807) is 26.0 Å². The molecule has 2 aromatic rings. The van der Waals surface area contributed by atoms with E-state index in [1.165, 1.54) is 18.2 Å². The zero-order valence-corrected chi connectivity index (χ0v) is 18.5. The summed E-state index contributed by atoms with van der Waals surface area (Å²) in [5.74, 6) is -0.545. The number of ketones is 1. The number of amides is 1. The Kier molecular flexibility index (Phi) is 6.70. The third-order valence-electron chi connectivity index (χ3n) is 5.33. The van der Waals surface area contributed by atoms with E-state index in [0.717, 1.165) is 6.54 Å². The van der Waals surface area contributed by atoms with Crippen LogP contribution in [0, 0.1) is 13.8 Å². The lowest BCUT2D eigenvalue weighted by Gasteiger charge is -2.27. The molecule has 1 fully saturated rings. The van der Waals surface area contributed by atoms with E-state index in [0.29, 0.717) is 41.4 Å². The molecule has 8 nitrogen and oxygen atoms in total. The van der Waals surface area contributed by atoms with Gasteiger partial charge in [-0.1, -0.05) is 18.2 Å². The largest absolute Gasteiger partial charge is 0.507 e. The highest BCUT2D eigenvalue weighted by atomic mass is 16.5. The fourth-order valence-electron chi connectivity index (χ4n) is 3.84. The van der Waals surface area contributed by atoms with Gasteiger partial charge in [0.05, 0.1) is 30.0 Å². The molecule has 1 aromatic carbocycles. The molecule has 0 bridgehead atoms. The van der Waals surface area contributed by atoms with Crippen LogP contribution in [0.1, 0.15) is 35.1 Å². The van der Waals surface area contributed by atoms with Crippen LogP contribution in [0.4, 0.5) is 0 Å². The van der Waals surface area contributed by atoms with Crippen molar-refractivity contribution in [2.24, 2.45) is 0 Å². The minimum Gasteiger partial charge on any atom is -0.507 e. The second-order valence-corrected chi connectivity index (χ2v) is 7.81. The summed E-state index contributed by atoms with van der Waals surface area (Å²) in [4.78, 5) is 38.0. The number of likely N-dealkylation sites (tertiary alicyclic amines) is 1. The lowest BCUT2D eigenvalue weighted by Crippen LogP contribution is -2.32. The molecule has 1 amide bonds. The molecule has 1 saturated heterocycles. The van der Waals surface area contributed by atoms with Crippen LogP contribution in [0.5, 0.6) is 5.75 Å². The van der Waals surface area contributed by atoms with E-state index in [9.17, 15) is 14.7 Å². The first-order valence-electron chi connectivity index (χ1n) is 10.1. The summed E-state index contributed by atoms with van der Waals surface area (Å²) in [5.41, 5.74) is 1.52. The Morgan fingerprint density at radius 2 is 1.94 bits per heavy atom. The average molecular weight is 425 g/mol. The quantitative estimate of drug-likeness (QED) is 0.414. The number of Topliss-reactive ketones (excluding diaryl/α,β-unsaturated/α-hetero) is 1. The molecule has 3 rings (SSSR count). The van der Waals surface area contributed by atoms with Crippen molar-refractivity contribution >= 4 is 17.4 Å². The van der Waals surface area contributed by atoms with E-state index in [-0.39, 0.29) is 11.3 Å². The van der Waals surface area contributed by atoms with Crippen LogP contribution in [-0.2, 0) is 9.59 Å². The van der Waals surface area contributed by atoms with Gasteiger partial charge in [0.15, 0.2) is 0 Å². The van der Waals surface area contributed by atoms with Gasteiger partial charge in [0, 0.05) is 18.3 Å². The van der Waals surface area contributed by atoms with Crippen molar-refractivity contribution in [2.45, 2.75) is 26.3 Å². The maximum Gasteiger partial charge on any atom is 0.295 e. The number of benzene rings is 1. The van der Waals surface area contributed by atoms with Crippen molar-refractivity contribution < 1.29 is 19.4 Å². The number of aliphatic hydroxyl groups excluding tert-OH is 1. The predicted molar refractivity (Wildman–Crippen MR) is 117 cm³/mol. The van der Waals surface area contributed by atoms with Crippen LogP contribution in [0.15, 0.2) is 36.0 Å². The van der Waals surface area contributed by atoms with Crippen LogP contribution in [0.25, 0.3) is 5.76 Å². The second-order valence-electron chi connectivity index (χ2n) is 7.81. The molecule has 0 radical (unpaired) electrons. The van der Waals surface area contributed by atoms with E-state index in [2.05, 4.69) is 9.97 Å². The molecular weight excluding hydrogens is 396 g/mol. The third kappa shape index (κ3) is 4.44. The number of hydrogen-bond acceptors (Lipinski definition) is 7. The van der Waals surface area contributed by atoms with Crippen LogP contribution in [0.2, 0.25) is 0 Å². The number of aryl methyl sites for hydroxylation is 2. The molecule has 0 spiro atoms. The number of nitrogens with zero attached hydrogens (tertiary/aromatic N) is 4. The van der Waals surface area contributed by atoms with Crippen molar-refractivity contribution in [3.8, 4) is 5.75 Å². The van der Waals surface area contributed by atoms with Gasteiger partial charge in [-0.05, 0) is 47.0 Å². The Labute approximate surface area is 182 Å². The second kappa shape index (κ2) is 9.26. The number of aliphatic hydroxyl groups is 1. The van der Waals surface area contributed by atoms with Gasteiger partial charge in [0.25, 0.3) is 11.7 Å². The predicted octanol–water partition coefficient (Wildman–Crippen LogP) is 2.48. The number of methoxy groups -OCH3 is 1. The fourth-order valence-corrected chi connectivity index (χ4v) is 3.84. The minimum absolute atomic E-state index is 0.0231. The number of aromatic nitrogens is 2. The first-order chi connectivity index (χ1) is 14.8. The molecule has 31 heavy (non-hydrogen) atoms. The van der Waals surface area contributed by atoms with Crippen LogP contribution in [-0.4, -0.2) is 70.9 Å². The Balaban J connectivity index is 2.17. The zero-order chi connectivity index (χ0) is 22.7. The molecule has 164 valence electrons. The van der Waals surface area contributed by atoms with Crippen LogP contribution < -0.4 is 4.74 Å². The van der Waals surface area contributed by atoms with E-state index < -0.39 is 17.7 Å². The van der Waals surface area contributed by atoms with Crippen LogP contribution >= 0.6 is 0 Å². The molecule has 1 aliphatic rings. The highest BCUT2D eigenvalue weighted by Gasteiger charge is 2.47. The number of carbonyl (C=O) groups excluding carboxylic acids is 2. The smallest absolute Gasteiger partial charge is 0.295 e. The summed E-state index contributed by atoms with van der Waals surface area (Å²) in [5, 5.41) is 11.2. The Hall–Kier alpha value is -3.26. The summed E-state index contributed by atoms with van der Waals surface area (Å²) in [6, 6.07) is 6.45. The lowest BCUT2D eigenvalue weighted by molar-refractivity contribution is -0.140. The Bertz CT molecular complexity index is 1030. The van der Waals surface area contributed by atoms with Crippen molar-refractivity contribution in [2.75, 3.05) is 34.3 Å². The lowest BCUT2D eigenvalue weighted by atomic mass is 9.94. The van der Waals surface area contributed by atoms with E-state index in [1.807, 2.05) is 31.1 Å². The summed E-state index contributed by atoms with van der Waals surface area (Å²) in [7, 11) is 5.44. The van der Waals surface area contributed by atoms with Crippen LogP contribution in [0.3, 0.4) is 0 Å². The van der Waals surface area contributed by atoms with E-state index >= 15 is 0 Å². The van der Waals surface area contributed by atoms with Gasteiger partial charge in [0.1, 0.15) is 17.3 Å². The fraction of sp³-hybridized carbons (Fsp3) is 0.391. The number of hydrogen-bond donors (Lipinski definition) is 1. The molecule has 1 aliphatic heterocycles. The van der Waals surface area contributed by atoms with Gasteiger partial charge in [-0.25, -0.2) is 9.97 Å². The molecule has 0 unspecified atom stereocenters. The molecule has 0 aliphatic carbocycles. The molecule has 8 heteroatoms. The van der Waals surface area contributed by atoms with Gasteiger partial charge in [-0.2, -0.15) is 0 Å². The summed E-state index contributed by atoms with van der Waals surface area (Å²) in [6.45, 7) is 4.60. The minimum atomic E-state index is -0.765. The monoisotopic (exact) mass is 424 g/mol. The summed E-state index contributed by atoms with van der Waals surface area (Å²) < 4.78 is 5.51. The Morgan fingerprint density at radius 3 is 2.58 bits per heavy atom. The van der Waals surface area contributed by atoms with Gasteiger partial charge >= 0.3 is 0 Å². The zero-order valence-electron chi connectivity index (χ0n) is 18.5. The first-order valence-corrected chi connectivity index (χ1v) is 10.1. The summed E-state index contributed by atoms with van der Waals surface area (Å²) >= 11 is 0. The van der Waals surface area contributed by atoms with Crippen molar-refractivity contribution in [3.63, 3.8) is 0 Å². The number of rotatable bonds is 7. The van der Waals surface area contributed by atoms with Gasteiger partial charge in [-0.3, -0.25) is 9.59 Å². The SMILES string of the molecule is COc1ccccc1[C@@H]1/C(=C(\O)c2cnc(C)nc2C)C(=O)C(=O)N1CCCN(C)C. The molecule has 0 saturated carbocycles. The van der Waals surface area contributed by atoms with Gasteiger partial charge in [-0.15, -0.1) is 0 Å². The van der Waals surface area contributed by atoms with Crippen molar-refractivity contribution in [3.05, 3.63) is 58.7 Å². The van der Waals surface area contributed by atoms with Crippen molar-refractivity contribution in [1.82, 2.24) is 19.8 Å². The molecule has 1 aromatic heterocycles. The maximum atomic E-state index is 13.1. The first kappa shape index (κ1) is 22.4. The number of carbonyl (C=O) groups is 2. The van der Waals surface area contributed by atoms with Gasteiger partial charge < -0.3 is 19.6 Å². The number of para-hydroxylation sites is 1. The van der Waals surface area contributed by atoms with E-state index in [4.69, 9.17) is 4.74 Å². The molecule has 2 heterocycles.